The zero-order valence-electron chi connectivity index (χ0n) is 19.7. The van der Waals surface area contributed by atoms with Gasteiger partial charge in [0, 0.05) is 18.5 Å². The van der Waals surface area contributed by atoms with Crippen LogP contribution in [0.4, 0.5) is 0 Å². The second-order valence-corrected chi connectivity index (χ2v) is 9.58. The minimum atomic E-state index is -0.196. The first-order chi connectivity index (χ1) is 14.7. The van der Waals surface area contributed by atoms with Gasteiger partial charge in [0.25, 0.3) is 0 Å². The van der Waals surface area contributed by atoms with Crippen molar-refractivity contribution in [1.82, 2.24) is 4.90 Å². The summed E-state index contributed by atoms with van der Waals surface area (Å²) in [5, 5.41) is 0. The fourth-order valence-electron chi connectivity index (χ4n) is 5.26. The predicted molar refractivity (Wildman–Crippen MR) is 123 cm³/mol. The summed E-state index contributed by atoms with van der Waals surface area (Å²) in [6.45, 7) is 2.75. The molecule has 0 aromatic rings. The van der Waals surface area contributed by atoms with Crippen molar-refractivity contribution in [3.8, 4) is 0 Å². The Morgan fingerprint density at radius 1 is 0.700 bits per heavy atom. The Kier molecular flexibility index (Phi) is 13.2. The van der Waals surface area contributed by atoms with Gasteiger partial charge in [0.05, 0.1) is 13.0 Å². The summed E-state index contributed by atoms with van der Waals surface area (Å²) in [6.07, 6.45) is 22.6. The van der Waals surface area contributed by atoms with Crippen LogP contribution in [-0.4, -0.2) is 35.5 Å². The van der Waals surface area contributed by atoms with E-state index >= 15 is 0 Å². The van der Waals surface area contributed by atoms with Gasteiger partial charge in [0.1, 0.15) is 0 Å². The summed E-state index contributed by atoms with van der Waals surface area (Å²) < 4.78 is 5.40. The summed E-state index contributed by atoms with van der Waals surface area (Å²) in [4.78, 5) is 27.4. The van der Waals surface area contributed by atoms with Gasteiger partial charge in [-0.25, -0.2) is 0 Å². The largest absolute Gasteiger partial charge is 0.466 e. The lowest BCUT2D eigenvalue weighted by atomic mass is 9.88. The molecule has 0 heterocycles. The second-order valence-electron chi connectivity index (χ2n) is 9.58. The van der Waals surface area contributed by atoms with E-state index in [-0.39, 0.29) is 18.3 Å². The van der Waals surface area contributed by atoms with E-state index in [4.69, 9.17) is 4.74 Å². The van der Waals surface area contributed by atoms with Gasteiger partial charge in [0.2, 0.25) is 5.91 Å². The molecule has 0 radical (unpaired) electrons. The van der Waals surface area contributed by atoms with Crippen LogP contribution in [0, 0.1) is 0 Å². The van der Waals surface area contributed by atoms with Crippen molar-refractivity contribution < 1.29 is 14.3 Å². The molecule has 0 saturated heterocycles. The molecule has 4 heteroatoms. The molecular weight excluding hydrogens is 374 g/mol. The smallest absolute Gasteiger partial charge is 0.306 e. The highest BCUT2D eigenvalue weighted by Gasteiger charge is 2.32. The van der Waals surface area contributed by atoms with Gasteiger partial charge in [-0.3, -0.25) is 9.59 Å². The first-order valence-corrected chi connectivity index (χ1v) is 13.2. The zero-order valence-corrected chi connectivity index (χ0v) is 19.7. The van der Waals surface area contributed by atoms with Crippen LogP contribution in [0.15, 0.2) is 0 Å². The molecule has 174 valence electrons. The molecular formula is C26H47NO3. The maximum absolute atomic E-state index is 13.1. The topological polar surface area (TPSA) is 46.6 Å². The van der Waals surface area contributed by atoms with E-state index in [9.17, 15) is 9.59 Å². The molecule has 0 N–H and O–H groups in total. The molecule has 0 bridgehead atoms. The van der Waals surface area contributed by atoms with Crippen LogP contribution in [0.5, 0.6) is 0 Å². The van der Waals surface area contributed by atoms with E-state index in [1.165, 1.54) is 77.0 Å². The molecule has 2 fully saturated rings. The maximum Gasteiger partial charge on any atom is 0.306 e. The number of rotatable bonds is 14. The van der Waals surface area contributed by atoms with Crippen LogP contribution in [0.25, 0.3) is 0 Å². The fraction of sp³-hybridized carbons (Fsp3) is 0.923. The standard InChI is InChI=1S/C26H47NO3/c1-2-3-4-5-6-7-8-15-22-30-26(29)21-20-25(28)27(23-16-11-9-12-17-23)24-18-13-10-14-19-24/h23-24H,2-22H2,1H3. The summed E-state index contributed by atoms with van der Waals surface area (Å²) >= 11 is 0. The number of ether oxygens (including phenoxy) is 1. The lowest BCUT2D eigenvalue weighted by Crippen LogP contribution is -2.48. The normalized spacial score (nSPS) is 18.3. The van der Waals surface area contributed by atoms with E-state index in [1.807, 2.05) is 0 Å². The molecule has 0 atom stereocenters. The molecule has 2 aliphatic carbocycles. The highest BCUT2D eigenvalue weighted by atomic mass is 16.5. The van der Waals surface area contributed by atoms with Crippen molar-refractivity contribution in [2.24, 2.45) is 0 Å². The lowest BCUT2D eigenvalue weighted by Gasteiger charge is -2.42. The molecule has 0 spiro atoms. The molecule has 1 amide bonds. The van der Waals surface area contributed by atoms with Crippen molar-refractivity contribution >= 4 is 11.9 Å². The van der Waals surface area contributed by atoms with E-state index in [0.29, 0.717) is 25.1 Å². The monoisotopic (exact) mass is 421 g/mol. The Labute approximate surface area is 185 Å². The predicted octanol–water partition coefficient (Wildman–Crippen LogP) is 6.94. The molecule has 4 nitrogen and oxygen atoms in total. The molecule has 0 aromatic heterocycles. The zero-order chi connectivity index (χ0) is 21.4. The Balaban J connectivity index is 1.63. The minimum absolute atomic E-state index is 0.192. The summed E-state index contributed by atoms with van der Waals surface area (Å²) in [5.74, 6) is -0.00337. The number of carbonyl (C=O) groups excluding carboxylic acids is 2. The van der Waals surface area contributed by atoms with Gasteiger partial charge >= 0.3 is 5.97 Å². The van der Waals surface area contributed by atoms with Crippen LogP contribution in [0.2, 0.25) is 0 Å². The van der Waals surface area contributed by atoms with E-state index in [0.717, 1.165) is 38.5 Å². The van der Waals surface area contributed by atoms with Gasteiger partial charge in [-0.05, 0) is 32.1 Å². The number of nitrogens with zero attached hydrogens (tertiary/aromatic N) is 1. The van der Waals surface area contributed by atoms with Crippen LogP contribution in [-0.2, 0) is 14.3 Å². The quantitative estimate of drug-likeness (QED) is 0.225. The SMILES string of the molecule is CCCCCCCCCCOC(=O)CCC(=O)N(C1CCCCC1)C1CCCCC1. The van der Waals surface area contributed by atoms with Crippen LogP contribution in [0.1, 0.15) is 135 Å². The lowest BCUT2D eigenvalue weighted by molar-refractivity contribution is -0.148. The highest BCUT2D eigenvalue weighted by Crippen LogP contribution is 2.31. The summed E-state index contributed by atoms with van der Waals surface area (Å²) in [5.41, 5.74) is 0. The first kappa shape index (κ1) is 25.2. The molecule has 0 aliphatic heterocycles. The maximum atomic E-state index is 13.1. The molecule has 2 rings (SSSR count). The van der Waals surface area contributed by atoms with Crippen molar-refractivity contribution in [3.05, 3.63) is 0 Å². The van der Waals surface area contributed by atoms with Crippen molar-refractivity contribution in [2.75, 3.05) is 6.61 Å². The Morgan fingerprint density at radius 3 is 1.73 bits per heavy atom. The second kappa shape index (κ2) is 15.7. The number of hydrogen-bond donors (Lipinski definition) is 0. The number of hydrogen-bond acceptors (Lipinski definition) is 3. The summed E-state index contributed by atoms with van der Waals surface area (Å²) in [6, 6.07) is 0.811. The average Bonchev–Trinajstić information content (AvgIpc) is 2.78. The van der Waals surface area contributed by atoms with Crippen LogP contribution < -0.4 is 0 Å². The average molecular weight is 422 g/mol. The third kappa shape index (κ3) is 9.83. The van der Waals surface area contributed by atoms with E-state index in [2.05, 4.69) is 11.8 Å². The molecule has 0 aromatic carbocycles. The fourth-order valence-corrected chi connectivity index (χ4v) is 5.26. The number of esters is 1. The number of unbranched alkanes of at least 4 members (excludes halogenated alkanes) is 7. The Morgan fingerprint density at radius 2 is 1.20 bits per heavy atom. The van der Waals surface area contributed by atoms with Crippen molar-refractivity contribution in [1.29, 1.82) is 0 Å². The Bertz CT molecular complexity index is 449. The van der Waals surface area contributed by atoms with Crippen LogP contribution >= 0.6 is 0 Å². The highest BCUT2D eigenvalue weighted by molar-refractivity contribution is 5.81. The third-order valence-corrected chi connectivity index (χ3v) is 7.03. The van der Waals surface area contributed by atoms with Gasteiger partial charge in [-0.15, -0.1) is 0 Å². The Hall–Kier alpha value is -1.06. The summed E-state index contributed by atoms with van der Waals surface area (Å²) in [7, 11) is 0. The van der Waals surface area contributed by atoms with Crippen LogP contribution in [0.3, 0.4) is 0 Å². The molecule has 30 heavy (non-hydrogen) atoms. The third-order valence-electron chi connectivity index (χ3n) is 7.03. The van der Waals surface area contributed by atoms with Crippen molar-refractivity contribution in [2.45, 2.75) is 147 Å². The van der Waals surface area contributed by atoms with E-state index in [1.54, 1.807) is 0 Å². The van der Waals surface area contributed by atoms with Gasteiger partial charge in [0.15, 0.2) is 0 Å². The van der Waals surface area contributed by atoms with Crippen molar-refractivity contribution in [3.63, 3.8) is 0 Å². The number of amides is 1. The van der Waals surface area contributed by atoms with E-state index < -0.39 is 0 Å². The molecule has 2 saturated carbocycles. The van der Waals surface area contributed by atoms with Gasteiger partial charge < -0.3 is 9.64 Å². The van der Waals surface area contributed by atoms with Gasteiger partial charge in [-0.2, -0.15) is 0 Å². The van der Waals surface area contributed by atoms with Gasteiger partial charge in [-0.1, -0.05) is 90.4 Å². The molecule has 0 unspecified atom stereocenters. The first-order valence-electron chi connectivity index (χ1n) is 13.2. The molecule has 2 aliphatic rings. The number of carbonyl (C=O) groups is 2. The minimum Gasteiger partial charge on any atom is -0.466 e.